The van der Waals surface area contributed by atoms with Gasteiger partial charge in [0, 0.05) is 35.1 Å². The molecule has 2 heterocycles. The first-order valence-electron chi connectivity index (χ1n) is 10.7. The van der Waals surface area contributed by atoms with Gasteiger partial charge in [0.15, 0.2) is 0 Å². The molecule has 0 saturated carbocycles. The molecule has 34 heavy (non-hydrogen) atoms. The Bertz CT molecular complexity index is 1240. The largest absolute Gasteiger partial charge is 0.444 e. The van der Waals surface area contributed by atoms with Gasteiger partial charge in [-0.15, -0.1) is 10.2 Å². The lowest BCUT2D eigenvalue weighted by Crippen LogP contribution is -2.39. The van der Waals surface area contributed by atoms with Crippen LogP contribution >= 0.6 is 34.5 Å². The van der Waals surface area contributed by atoms with Crippen LogP contribution in [0.1, 0.15) is 52.8 Å². The van der Waals surface area contributed by atoms with Gasteiger partial charge < -0.3 is 9.64 Å². The van der Waals surface area contributed by atoms with Crippen LogP contribution in [0.3, 0.4) is 0 Å². The van der Waals surface area contributed by atoms with Crippen molar-refractivity contribution in [1.29, 1.82) is 0 Å². The van der Waals surface area contributed by atoms with Crippen LogP contribution in [0.25, 0.3) is 0 Å². The number of hydrogen-bond acceptors (Lipinski definition) is 6. The van der Waals surface area contributed by atoms with Crippen molar-refractivity contribution in [3.8, 4) is 0 Å². The minimum absolute atomic E-state index is 0.260. The van der Waals surface area contributed by atoms with E-state index in [0.29, 0.717) is 46.7 Å². The highest BCUT2D eigenvalue weighted by Crippen LogP contribution is 2.27. The van der Waals surface area contributed by atoms with Gasteiger partial charge in [0.2, 0.25) is 5.13 Å². The zero-order valence-corrected chi connectivity index (χ0v) is 21.4. The average molecular weight is 519 g/mol. The molecule has 10 heteroatoms. The highest BCUT2D eigenvalue weighted by molar-refractivity contribution is 7.15. The summed E-state index contributed by atoms with van der Waals surface area (Å²) in [6.45, 7) is 6.55. The molecule has 0 unspecified atom stereocenters. The molecule has 2 amide bonds. The molecule has 0 atom stereocenters. The van der Waals surface area contributed by atoms with Crippen LogP contribution in [0.5, 0.6) is 0 Å². The summed E-state index contributed by atoms with van der Waals surface area (Å²) in [5.41, 5.74) is 2.93. The Morgan fingerprint density at radius 1 is 1.12 bits per heavy atom. The van der Waals surface area contributed by atoms with Gasteiger partial charge in [0.25, 0.3) is 5.91 Å². The first-order chi connectivity index (χ1) is 16.1. The lowest BCUT2D eigenvalue weighted by Gasteiger charge is -2.31. The summed E-state index contributed by atoms with van der Waals surface area (Å²) < 4.78 is 5.47. The molecular formula is C24H24Cl2N4O3S. The molecule has 178 valence electrons. The van der Waals surface area contributed by atoms with Crippen LogP contribution in [0.2, 0.25) is 10.0 Å². The summed E-state index contributed by atoms with van der Waals surface area (Å²) in [4.78, 5) is 26.8. The van der Waals surface area contributed by atoms with Crippen molar-refractivity contribution in [1.82, 2.24) is 15.1 Å². The van der Waals surface area contributed by atoms with E-state index < -0.39 is 5.60 Å². The van der Waals surface area contributed by atoms with Gasteiger partial charge >= 0.3 is 6.09 Å². The smallest absolute Gasteiger partial charge is 0.410 e. The molecule has 4 rings (SSSR count). The fourth-order valence-electron chi connectivity index (χ4n) is 3.55. The maximum atomic E-state index is 12.8. The molecule has 0 bridgehead atoms. The topological polar surface area (TPSA) is 84.4 Å². The summed E-state index contributed by atoms with van der Waals surface area (Å²) in [6.07, 6.45) is 0.823. The lowest BCUT2D eigenvalue weighted by atomic mass is 9.97. The number of halogens is 2. The predicted octanol–water partition coefficient (Wildman–Crippen LogP) is 5.98. The first kappa shape index (κ1) is 24.4. The quantitative estimate of drug-likeness (QED) is 0.459. The van der Waals surface area contributed by atoms with Gasteiger partial charge in [-0.25, -0.2) is 4.79 Å². The minimum Gasteiger partial charge on any atom is -0.444 e. The molecule has 0 radical (unpaired) electrons. The van der Waals surface area contributed by atoms with Crippen LogP contribution in [-0.2, 0) is 24.1 Å². The molecule has 1 N–H and O–H groups in total. The van der Waals surface area contributed by atoms with Crippen LogP contribution in [0.15, 0.2) is 36.4 Å². The number of rotatable bonds is 4. The van der Waals surface area contributed by atoms with E-state index in [1.165, 1.54) is 11.3 Å². The highest BCUT2D eigenvalue weighted by atomic mass is 35.5. The second-order valence-corrected chi connectivity index (χ2v) is 10.9. The van der Waals surface area contributed by atoms with Crippen molar-refractivity contribution >= 4 is 51.7 Å². The van der Waals surface area contributed by atoms with E-state index in [-0.39, 0.29) is 12.0 Å². The monoisotopic (exact) mass is 518 g/mol. The van der Waals surface area contributed by atoms with Crippen molar-refractivity contribution < 1.29 is 14.3 Å². The van der Waals surface area contributed by atoms with E-state index in [1.54, 1.807) is 23.1 Å². The Morgan fingerprint density at radius 3 is 2.65 bits per heavy atom. The highest BCUT2D eigenvalue weighted by Gasteiger charge is 2.26. The Hall–Kier alpha value is -2.68. The number of nitrogens with one attached hydrogen (secondary N) is 1. The van der Waals surface area contributed by atoms with Crippen molar-refractivity contribution in [2.75, 3.05) is 11.9 Å². The molecule has 0 aliphatic carbocycles. The number of amides is 2. The van der Waals surface area contributed by atoms with Crippen LogP contribution in [0.4, 0.5) is 9.93 Å². The SMILES string of the molecule is CC(C)(C)OC(=O)N1CCc2cc(C(=O)Nc3nnc(Cc4ccc(Cl)cc4Cl)s3)ccc2C1. The number of benzene rings is 2. The molecule has 0 spiro atoms. The van der Waals surface area contributed by atoms with Crippen molar-refractivity contribution in [2.24, 2.45) is 0 Å². The average Bonchev–Trinajstić information content (AvgIpc) is 3.20. The second-order valence-electron chi connectivity index (χ2n) is 9.00. The number of fused-ring (bicyclic) bond motifs is 1. The van der Waals surface area contributed by atoms with E-state index in [4.69, 9.17) is 27.9 Å². The zero-order valence-electron chi connectivity index (χ0n) is 19.0. The Labute approximate surface area is 212 Å². The van der Waals surface area contributed by atoms with Crippen molar-refractivity contribution in [3.05, 3.63) is 73.7 Å². The summed E-state index contributed by atoms with van der Waals surface area (Å²) in [5.74, 6) is -0.260. The number of carbonyl (C=O) groups is 2. The summed E-state index contributed by atoms with van der Waals surface area (Å²) in [5, 5.41) is 13.3. The molecule has 1 aliphatic rings. The third-order valence-corrected chi connectivity index (χ3v) is 6.60. The molecule has 1 aromatic heterocycles. The summed E-state index contributed by atoms with van der Waals surface area (Å²) in [7, 11) is 0. The molecule has 3 aromatic rings. The maximum Gasteiger partial charge on any atom is 0.410 e. The van der Waals surface area contributed by atoms with E-state index >= 15 is 0 Å². The van der Waals surface area contributed by atoms with E-state index in [2.05, 4.69) is 15.5 Å². The Morgan fingerprint density at radius 2 is 1.91 bits per heavy atom. The minimum atomic E-state index is -0.537. The zero-order chi connectivity index (χ0) is 24.5. The second kappa shape index (κ2) is 9.90. The van der Waals surface area contributed by atoms with Gasteiger partial charge in [0.05, 0.1) is 0 Å². The van der Waals surface area contributed by atoms with Gasteiger partial charge in [-0.05, 0) is 68.1 Å². The van der Waals surface area contributed by atoms with E-state index in [9.17, 15) is 9.59 Å². The maximum absolute atomic E-state index is 12.8. The number of nitrogens with zero attached hydrogens (tertiary/aromatic N) is 3. The summed E-state index contributed by atoms with van der Waals surface area (Å²) in [6, 6.07) is 10.8. The van der Waals surface area contributed by atoms with Gasteiger partial charge in [0.1, 0.15) is 10.6 Å². The third-order valence-electron chi connectivity index (χ3n) is 5.18. The Kier molecular flexibility index (Phi) is 7.12. The third kappa shape index (κ3) is 6.05. The van der Waals surface area contributed by atoms with Gasteiger partial charge in [-0.3, -0.25) is 10.1 Å². The number of carbonyl (C=O) groups excluding carboxylic acids is 2. The standard InChI is InChI=1S/C24H24Cl2N4O3S/c1-24(2,3)33-23(32)30-9-8-14-10-16(4-5-17(14)13-30)21(31)27-22-29-28-20(34-22)11-15-6-7-18(25)12-19(15)26/h4-7,10,12H,8-9,11,13H2,1-3H3,(H,27,29,31). The van der Waals surface area contributed by atoms with E-state index in [1.807, 2.05) is 39.0 Å². The number of ether oxygens (including phenoxy) is 1. The van der Waals surface area contributed by atoms with Crippen LogP contribution < -0.4 is 5.32 Å². The fraction of sp³-hybridized carbons (Fsp3) is 0.333. The molecule has 2 aromatic carbocycles. The summed E-state index contributed by atoms with van der Waals surface area (Å²) >= 11 is 13.5. The van der Waals surface area contributed by atoms with Gasteiger partial charge in [-0.2, -0.15) is 0 Å². The molecule has 1 aliphatic heterocycles. The molecular weight excluding hydrogens is 495 g/mol. The number of aromatic nitrogens is 2. The number of hydrogen-bond donors (Lipinski definition) is 1. The van der Waals surface area contributed by atoms with Crippen molar-refractivity contribution in [3.63, 3.8) is 0 Å². The normalized spacial score (nSPS) is 13.4. The molecule has 7 nitrogen and oxygen atoms in total. The first-order valence-corrected chi connectivity index (χ1v) is 12.3. The van der Waals surface area contributed by atoms with Crippen molar-refractivity contribution in [2.45, 2.75) is 45.8 Å². The van der Waals surface area contributed by atoms with Crippen LogP contribution in [0, 0.1) is 0 Å². The van der Waals surface area contributed by atoms with Gasteiger partial charge in [-0.1, -0.05) is 46.7 Å². The molecule has 0 fully saturated rings. The van der Waals surface area contributed by atoms with Crippen LogP contribution in [-0.4, -0.2) is 39.2 Å². The Balaban J connectivity index is 1.39. The predicted molar refractivity (Wildman–Crippen MR) is 134 cm³/mol. The number of anilines is 1. The van der Waals surface area contributed by atoms with E-state index in [0.717, 1.165) is 21.7 Å². The molecule has 0 saturated heterocycles. The fourth-order valence-corrected chi connectivity index (χ4v) is 4.78. The lowest BCUT2D eigenvalue weighted by molar-refractivity contribution is 0.0224.